The number of hydrogen-bond acceptors (Lipinski definition) is 3. The Bertz CT molecular complexity index is 804. The molecule has 3 atom stereocenters. The lowest BCUT2D eigenvalue weighted by atomic mass is 10.1. The molecule has 1 aliphatic heterocycles. The first-order valence-electron chi connectivity index (χ1n) is 9.02. The summed E-state index contributed by atoms with van der Waals surface area (Å²) in [7, 11) is 0. The van der Waals surface area contributed by atoms with Gasteiger partial charge >= 0.3 is 5.97 Å². The molecule has 1 aliphatic carbocycles. The van der Waals surface area contributed by atoms with E-state index in [-0.39, 0.29) is 17.5 Å². The van der Waals surface area contributed by atoms with Crippen LogP contribution in [0.4, 0.5) is 0 Å². The fraction of sp³-hybridized carbons (Fsp3) is 0.333. The fourth-order valence-electron chi connectivity index (χ4n) is 3.80. The van der Waals surface area contributed by atoms with E-state index in [1.54, 1.807) is 12.1 Å². The Balaban J connectivity index is 1.30. The Morgan fingerprint density at radius 2 is 1.85 bits per heavy atom. The van der Waals surface area contributed by atoms with E-state index >= 15 is 0 Å². The van der Waals surface area contributed by atoms with E-state index in [2.05, 4.69) is 29.6 Å². The van der Waals surface area contributed by atoms with Crippen LogP contribution in [0.25, 0.3) is 0 Å². The lowest BCUT2D eigenvalue weighted by molar-refractivity contribution is -0.128. The third-order valence-corrected chi connectivity index (χ3v) is 5.34. The fourth-order valence-corrected chi connectivity index (χ4v) is 3.80. The van der Waals surface area contributed by atoms with E-state index in [0.717, 1.165) is 18.5 Å². The van der Waals surface area contributed by atoms with Gasteiger partial charge in [0.2, 0.25) is 5.91 Å². The molecule has 0 radical (unpaired) electrons. The Morgan fingerprint density at radius 1 is 1.12 bits per heavy atom. The molecule has 1 amide bonds. The number of carboxylic acid groups (broad SMARTS) is 1. The number of carboxylic acids is 1. The highest BCUT2D eigenvalue weighted by Crippen LogP contribution is 2.45. The summed E-state index contributed by atoms with van der Waals surface area (Å²) < 4.78 is 0. The van der Waals surface area contributed by atoms with E-state index in [1.807, 2.05) is 23.1 Å². The highest BCUT2D eigenvalue weighted by Gasteiger charge is 2.47. The first-order chi connectivity index (χ1) is 12.6. The van der Waals surface area contributed by atoms with Gasteiger partial charge in [0.05, 0.1) is 5.56 Å². The van der Waals surface area contributed by atoms with Crippen LogP contribution < -0.4 is 5.32 Å². The van der Waals surface area contributed by atoms with Gasteiger partial charge in [0.25, 0.3) is 0 Å². The molecule has 5 heteroatoms. The number of amides is 1. The number of nitrogens with zero attached hydrogens (tertiary/aromatic N) is 1. The first kappa shape index (κ1) is 16.8. The van der Waals surface area contributed by atoms with E-state index in [0.29, 0.717) is 24.9 Å². The van der Waals surface area contributed by atoms with Crippen molar-refractivity contribution < 1.29 is 14.7 Å². The zero-order valence-electron chi connectivity index (χ0n) is 14.5. The van der Waals surface area contributed by atoms with Gasteiger partial charge < -0.3 is 15.3 Å². The van der Waals surface area contributed by atoms with Crippen LogP contribution in [0.15, 0.2) is 54.6 Å². The van der Waals surface area contributed by atoms with Crippen molar-refractivity contribution in [3.05, 3.63) is 71.3 Å². The third-order valence-electron chi connectivity index (χ3n) is 5.34. The van der Waals surface area contributed by atoms with Crippen LogP contribution in [0.3, 0.4) is 0 Å². The maximum Gasteiger partial charge on any atom is 0.335 e. The van der Waals surface area contributed by atoms with Gasteiger partial charge in [0.15, 0.2) is 0 Å². The number of rotatable bonds is 6. The number of benzene rings is 2. The Kier molecular flexibility index (Phi) is 4.47. The molecule has 2 fully saturated rings. The quantitative estimate of drug-likeness (QED) is 0.840. The standard InChI is InChI=1S/C21H22N2O3/c24-20-10-17(22-12-14-6-8-16(9-7-14)21(25)26)13-23(20)19-11-18(19)15-4-2-1-3-5-15/h1-9,17-19,22H,10-13H2,(H,25,26). The van der Waals surface area contributed by atoms with Gasteiger partial charge in [0.1, 0.15) is 0 Å². The molecule has 1 saturated carbocycles. The zero-order chi connectivity index (χ0) is 18.1. The number of carbonyl (C=O) groups is 2. The summed E-state index contributed by atoms with van der Waals surface area (Å²) in [6.45, 7) is 1.39. The largest absolute Gasteiger partial charge is 0.478 e. The molecule has 2 N–H and O–H groups in total. The molecular formula is C21H22N2O3. The molecule has 2 aromatic rings. The molecule has 3 unspecified atom stereocenters. The molecule has 4 rings (SSSR count). The van der Waals surface area contributed by atoms with Crippen molar-refractivity contribution in [1.82, 2.24) is 10.2 Å². The Hall–Kier alpha value is -2.66. The average Bonchev–Trinajstić information content (AvgIpc) is 3.37. The second kappa shape index (κ2) is 6.92. The van der Waals surface area contributed by atoms with Crippen molar-refractivity contribution in [2.75, 3.05) is 6.54 Å². The van der Waals surface area contributed by atoms with Crippen molar-refractivity contribution >= 4 is 11.9 Å². The van der Waals surface area contributed by atoms with Gasteiger partial charge in [-0.2, -0.15) is 0 Å². The van der Waals surface area contributed by atoms with Gasteiger partial charge in [-0.05, 0) is 29.7 Å². The average molecular weight is 350 g/mol. The van der Waals surface area contributed by atoms with Crippen molar-refractivity contribution in [3.8, 4) is 0 Å². The zero-order valence-corrected chi connectivity index (χ0v) is 14.5. The van der Waals surface area contributed by atoms with Gasteiger partial charge in [0, 0.05) is 37.5 Å². The lowest BCUT2D eigenvalue weighted by Gasteiger charge is -2.17. The predicted molar refractivity (Wildman–Crippen MR) is 97.9 cm³/mol. The van der Waals surface area contributed by atoms with Crippen LogP contribution in [0, 0.1) is 0 Å². The van der Waals surface area contributed by atoms with Crippen LogP contribution in [0.5, 0.6) is 0 Å². The summed E-state index contributed by atoms with van der Waals surface area (Å²) >= 11 is 0. The van der Waals surface area contributed by atoms with E-state index in [4.69, 9.17) is 5.11 Å². The van der Waals surface area contributed by atoms with Gasteiger partial charge in [-0.1, -0.05) is 42.5 Å². The highest BCUT2D eigenvalue weighted by atomic mass is 16.4. The number of carbonyl (C=O) groups excluding carboxylic acids is 1. The summed E-state index contributed by atoms with van der Waals surface area (Å²) in [5, 5.41) is 12.4. The summed E-state index contributed by atoms with van der Waals surface area (Å²) in [4.78, 5) is 25.3. The molecule has 5 nitrogen and oxygen atoms in total. The minimum Gasteiger partial charge on any atom is -0.478 e. The monoisotopic (exact) mass is 350 g/mol. The van der Waals surface area contributed by atoms with E-state index in [1.165, 1.54) is 5.56 Å². The molecule has 1 heterocycles. The van der Waals surface area contributed by atoms with Crippen LogP contribution in [-0.4, -0.2) is 40.5 Å². The molecule has 0 aromatic heterocycles. The topological polar surface area (TPSA) is 69.6 Å². The van der Waals surface area contributed by atoms with Crippen LogP contribution in [0.1, 0.15) is 40.2 Å². The molecule has 2 aromatic carbocycles. The summed E-state index contributed by atoms with van der Waals surface area (Å²) in [5.41, 5.74) is 2.63. The Labute approximate surface area is 152 Å². The number of aromatic carboxylic acids is 1. The number of likely N-dealkylation sites (tertiary alicyclic amines) is 1. The van der Waals surface area contributed by atoms with Crippen LogP contribution in [0.2, 0.25) is 0 Å². The SMILES string of the molecule is O=C(O)c1ccc(CNC2CC(=O)N(C3CC3c3ccccc3)C2)cc1. The van der Waals surface area contributed by atoms with Crippen LogP contribution >= 0.6 is 0 Å². The van der Waals surface area contributed by atoms with Gasteiger partial charge in [-0.15, -0.1) is 0 Å². The minimum absolute atomic E-state index is 0.152. The molecule has 0 spiro atoms. The van der Waals surface area contributed by atoms with E-state index < -0.39 is 5.97 Å². The normalized spacial score (nSPS) is 24.7. The smallest absolute Gasteiger partial charge is 0.335 e. The summed E-state index contributed by atoms with van der Waals surface area (Å²) in [6.07, 6.45) is 1.59. The molecular weight excluding hydrogens is 328 g/mol. The summed E-state index contributed by atoms with van der Waals surface area (Å²) in [6, 6.07) is 17.8. The van der Waals surface area contributed by atoms with Gasteiger partial charge in [-0.3, -0.25) is 4.79 Å². The molecule has 26 heavy (non-hydrogen) atoms. The van der Waals surface area contributed by atoms with Crippen molar-refractivity contribution in [2.24, 2.45) is 0 Å². The third kappa shape index (κ3) is 3.48. The predicted octanol–water partition coefficient (Wildman–Crippen LogP) is 2.63. The van der Waals surface area contributed by atoms with E-state index in [9.17, 15) is 9.59 Å². The maximum atomic E-state index is 12.4. The maximum absolute atomic E-state index is 12.4. The van der Waals surface area contributed by atoms with Crippen molar-refractivity contribution in [1.29, 1.82) is 0 Å². The Morgan fingerprint density at radius 3 is 2.54 bits per heavy atom. The molecule has 134 valence electrons. The first-order valence-corrected chi connectivity index (χ1v) is 9.02. The van der Waals surface area contributed by atoms with Crippen LogP contribution in [-0.2, 0) is 11.3 Å². The van der Waals surface area contributed by atoms with Crippen molar-refractivity contribution in [3.63, 3.8) is 0 Å². The molecule has 1 saturated heterocycles. The molecule has 2 aliphatic rings. The highest BCUT2D eigenvalue weighted by molar-refractivity contribution is 5.87. The summed E-state index contributed by atoms with van der Waals surface area (Å²) in [5.74, 6) is -0.214. The van der Waals surface area contributed by atoms with Gasteiger partial charge in [-0.25, -0.2) is 4.79 Å². The second-order valence-corrected chi connectivity index (χ2v) is 7.15. The molecule has 0 bridgehead atoms. The van der Waals surface area contributed by atoms with Crippen molar-refractivity contribution in [2.45, 2.75) is 37.4 Å². The second-order valence-electron chi connectivity index (χ2n) is 7.15. The minimum atomic E-state index is -0.918. The number of hydrogen-bond donors (Lipinski definition) is 2. The lowest BCUT2D eigenvalue weighted by Crippen LogP contribution is -2.34. The number of nitrogens with one attached hydrogen (secondary N) is 1.